The normalized spacial score (nSPS) is 14.0. The van der Waals surface area contributed by atoms with Crippen molar-refractivity contribution in [3.8, 4) is 0 Å². The lowest BCUT2D eigenvalue weighted by molar-refractivity contribution is -0.118. The van der Waals surface area contributed by atoms with Crippen LogP contribution in [0.2, 0.25) is 0 Å². The van der Waals surface area contributed by atoms with Crippen LogP contribution >= 0.6 is 136 Å². The van der Waals surface area contributed by atoms with Crippen molar-refractivity contribution in [3.05, 3.63) is 48.7 Å². The first-order valence-electron chi connectivity index (χ1n) is 20.1. The van der Waals surface area contributed by atoms with Crippen molar-refractivity contribution in [1.82, 2.24) is 19.6 Å². The molecule has 0 aliphatic rings. The number of nitrogens with zero attached hydrogens (tertiary/aromatic N) is 6. The Morgan fingerprint density at radius 2 is 0.750 bits per heavy atom. The van der Waals surface area contributed by atoms with Crippen LogP contribution in [0.3, 0.4) is 0 Å². The topological polar surface area (TPSA) is 324 Å². The molecule has 6 atom stereocenters. The van der Waals surface area contributed by atoms with Crippen molar-refractivity contribution in [3.63, 3.8) is 0 Å². The van der Waals surface area contributed by atoms with E-state index < -0.39 is 112 Å². The van der Waals surface area contributed by atoms with Gasteiger partial charge in [-0.3, -0.25) is 28.8 Å². The molecule has 22 nitrogen and oxygen atoms in total. The van der Waals surface area contributed by atoms with Gasteiger partial charge in [0.2, 0.25) is 11.8 Å². The molecular weight excluding hydrogens is 1580 g/mol. The molecule has 28 heteroatoms. The third-order valence-corrected chi connectivity index (χ3v) is 16.1. The first kappa shape index (κ1) is 63.4. The summed E-state index contributed by atoms with van der Waals surface area (Å²) in [5.41, 5.74) is -0.614. The van der Waals surface area contributed by atoms with Gasteiger partial charge in [-0.15, -0.1) is 0 Å². The number of anilines is 2. The second kappa shape index (κ2) is 29.8. The molecule has 2 aromatic rings. The Balaban J connectivity index is 2.85. The smallest absolute Gasteiger partial charge is 0.255 e. The average molecular weight is 1640 g/mol. The van der Waals surface area contributed by atoms with E-state index in [1.54, 1.807) is 90.4 Å². The zero-order chi connectivity index (χ0) is 52.1. The highest BCUT2D eigenvalue weighted by Gasteiger charge is 2.35. The van der Waals surface area contributed by atoms with Crippen LogP contribution in [-0.2, 0) is 9.59 Å². The Morgan fingerprint density at radius 1 is 0.471 bits per heavy atom. The van der Waals surface area contributed by atoms with Gasteiger partial charge in [0.25, 0.3) is 23.6 Å². The maximum atomic E-state index is 14.1. The Kier molecular flexibility index (Phi) is 27.8. The molecule has 0 fully saturated rings. The van der Waals surface area contributed by atoms with Crippen LogP contribution in [0.25, 0.3) is 0 Å². The van der Waals surface area contributed by atoms with Gasteiger partial charge >= 0.3 is 0 Å². The first-order valence-corrected chi connectivity index (χ1v) is 27.5. The number of likely N-dealkylation sites (N-methyl/N-ethyl adjacent to an activating group) is 2. The molecule has 6 unspecified atom stereocenters. The van der Waals surface area contributed by atoms with Crippen LogP contribution in [-0.4, -0.2) is 232 Å². The van der Waals surface area contributed by atoms with Gasteiger partial charge in [0.1, 0.15) is 0 Å². The summed E-state index contributed by atoms with van der Waals surface area (Å²) < 4.78 is 0.448. The van der Waals surface area contributed by atoms with Gasteiger partial charge in [0, 0.05) is 61.3 Å². The van der Waals surface area contributed by atoms with Crippen LogP contribution in [0.1, 0.15) is 55.3 Å². The Bertz CT molecular complexity index is 1980. The number of hydrogen-bond acceptors (Lipinski definition) is 16. The van der Waals surface area contributed by atoms with Crippen LogP contribution in [0, 0.1) is 14.3 Å². The van der Waals surface area contributed by atoms with Crippen LogP contribution in [0.15, 0.2) is 12.1 Å². The fourth-order valence-corrected chi connectivity index (χ4v) is 12.2. The van der Waals surface area contributed by atoms with Gasteiger partial charge in [0.05, 0.1) is 126 Å². The summed E-state index contributed by atoms with van der Waals surface area (Å²) in [6.07, 6.45) is -9.08. The van der Waals surface area contributed by atoms with E-state index >= 15 is 0 Å². The van der Waals surface area contributed by atoms with Gasteiger partial charge in [-0.25, -0.2) is 0 Å². The van der Waals surface area contributed by atoms with E-state index in [0.29, 0.717) is 0 Å². The highest BCUT2D eigenvalue weighted by atomic mass is 127. The van der Waals surface area contributed by atoms with E-state index in [-0.39, 0.29) is 83.2 Å². The van der Waals surface area contributed by atoms with E-state index in [2.05, 4.69) is 0 Å². The number of alkyl halides is 2. The second-order valence-corrected chi connectivity index (χ2v) is 21.0. The van der Waals surface area contributed by atoms with E-state index in [4.69, 9.17) is 0 Å². The Morgan fingerprint density at radius 3 is 1.00 bits per heavy atom. The molecule has 0 bridgehead atoms. The molecule has 0 radical (unpaired) electrons. The number of hydrogen-bond donors (Lipinski definition) is 10. The minimum Gasteiger partial charge on any atom is -0.394 e. The molecule has 0 aliphatic heterocycles. The quantitative estimate of drug-likeness (QED) is 0.0339. The zero-order valence-electron chi connectivity index (χ0n) is 37.0. The molecule has 2 rings (SSSR count). The molecule has 0 aliphatic carbocycles. The number of aliphatic hydroxyl groups is 10. The van der Waals surface area contributed by atoms with Gasteiger partial charge in [-0.05, 0) is 102 Å². The van der Waals surface area contributed by atoms with Crippen molar-refractivity contribution < 1.29 is 79.8 Å². The fourth-order valence-electron chi connectivity index (χ4n) is 6.37. The third-order valence-electron chi connectivity index (χ3n) is 10.0. The van der Waals surface area contributed by atoms with E-state index in [0.717, 1.165) is 33.4 Å². The highest BCUT2D eigenvalue weighted by molar-refractivity contribution is 14.1. The summed E-state index contributed by atoms with van der Waals surface area (Å²) in [5, 5.41) is 102. The molecule has 0 saturated carbocycles. The molecule has 0 saturated heterocycles. The van der Waals surface area contributed by atoms with Gasteiger partial charge in [0.15, 0.2) is 0 Å². The summed E-state index contributed by atoms with van der Waals surface area (Å²) in [7, 11) is 2.68. The second-order valence-electron chi connectivity index (χ2n) is 15.3. The van der Waals surface area contributed by atoms with Gasteiger partial charge < -0.3 is 80.5 Å². The summed E-state index contributed by atoms with van der Waals surface area (Å²) in [4.78, 5) is 90.0. The van der Waals surface area contributed by atoms with Crippen LogP contribution in [0.4, 0.5) is 11.4 Å². The molecule has 0 spiro atoms. The maximum Gasteiger partial charge on any atom is 0.255 e. The third kappa shape index (κ3) is 16.6. The minimum atomic E-state index is -1.88. The number of amides is 6. The molecule has 0 heterocycles. The van der Waals surface area contributed by atoms with Crippen molar-refractivity contribution in [1.29, 1.82) is 0 Å². The molecular formula is C40H54I6N6O16. The summed E-state index contributed by atoms with van der Waals surface area (Å²) in [6.45, 7) is -3.12. The minimum absolute atomic E-state index is 0.0165. The molecule has 10 N–H and O–H groups in total. The predicted octanol–water partition coefficient (Wildman–Crippen LogP) is -0.541. The number of rotatable bonds is 25. The Hall–Kier alpha value is -0.760. The van der Waals surface area contributed by atoms with Crippen molar-refractivity contribution in [2.45, 2.75) is 50.5 Å². The predicted molar refractivity (Wildman–Crippen MR) is 298 cm³/mol. The van der Waals surface area contributed by atoms with Gasteiger partial charge in [-0.1, -0.05) is 45.2 Å². The SMILES string of the molecule is CC(=O)N(CC(O)C(O)CN(C(C)=O)c1cc(C(=O)N(CI)CC(O)CO)c(I)c(C(=O)N(C)CC(O)CO)c1I)c1cc(C(=O)N(CI)CC(O)CO)c(I)c(C(=O)N(C)CC(O)CO)c1I. The molecule has 68 heavy (non-hydrogen) atoms. The molecule has 0 aromatic heterocycles. The number of aliphatic hydroxyl groups excluding tert-OH is 10. The number of carbonyl (C=O) groups excluding carboxylic acids is 6. The number of benzene rings is 2. The van der Waals surface area contributed by atoms with Crippen LogP contribution < -0.4 is 9.80 Å². The first-order chi connectivity index (χ1) is 31.8. The van der Waals surface area contributed by atoms with Crippen molar-refractivity contribution in [2.75, 3.05) is 98.7 Å². The van der Waals surface area contributed by atoms with E-state index in [1.165, 1.54) is 36.0 Å². The van der Waals surface area contributed by atoms with E-state index in [1.807, 2.05) is 45.2 Å². The number of halogens is 6. The molecule has 6 amide bonds. The standard InChI is InChI=1S/C40H54I6N6O16/c1-19(57)51(27-5-25(37(65)49(17-41)9-23(61)15-55)33(43)31(35(27)45)39(67)47(3)7-21(59)13-53)11-29(63)30(64)12-52(20(2)58)28-6-26(38(66)50(18-42)10-24(62)16-56)34(44)32(36(28)46)40(68)48(4)8-22(60)14-54/h5-6,21-24,29-30,53-56,59-64H,7-18H2,1-4H3. The lowest BCUT2D eigenvalue weighted by Gasteiger charge is -2.33. The average Bonchev–Trinajstić information content (AvgIpc) is 3.29. The zero-order valence-corrected chi connectivity index (χ0v) is 49.9. The monoisotopic (exact) mass is 1640 g/mol. The molecule has 2 aromatic carbocycles. The van der Waals surface area contributed by atoms with Crippen LogP contribution in [0.5, 0.6) is 0 Å². The highest BCUT2D eigenvalue weighted by Crippen LogP contribution is 2.37. The largest absolute Gasteiger partial charge is 0.394 e. The van der Waals surface area contributed by atoms with Gasteiger partial charge in [-0.2, -0.15) is 0 Å². The maximum absolute atomic E-state index is 14.1. The van der Waals surface area contributed by atoms with E-state index in [9.17, 15) is 79.8 Å². The number of carbonyl (C=O) groups is 6. The Labute approximate surface area is 474 Å². The molecule has 382 valence electrons. The van der Waals surface area contributed by atoms with Crippen molar-refractivity contribution in [2.24, 2.45) is 0 Å². The summed E-state index contributed by atoms with van der Waals surface area (Å²) in [5.74, 6) is -4.37. The summed E-state index contributed by atoms with van der Waals surface area (Å²) >= 11 is 10.9. The lowest BCUT2D eigenvalue weighted by atomic mass is 10.0. The lowest BCUT2D eigenvalue weighted by Crippen LogP contribution is -2.48. The van der Waals surface area contributed by atoms with Crippen molar-refractivity contribution >= 4 is 182 Å². The fraction of sp³-hybridized carbons (Fsp3) is 0.550. The summed E-state index contributed by atoms with van der Waals surface area (Å²) in [6, 6.07) is 2.58.